The Bertz CT molecular complexity index is 318. The van der Waals surface area contributed by atoms with Crippen LogP contribution in [0.25, 0.3) is 0 Å². The van der Waals surface area contributed by atoms with Crippen LogP contribution < -0.4 is 0 Å². The van der Waals surface area contributed by atoms with Crippen LogP contribution in [0.2, 0.25) is 0 Å². The normalized spacial score (nSPS) is 13.2. The third-order valence-corrected chi connectivity index (χ3v) is 3.55. The van der Waals surface area contributed by atoms with Crippen molar-refractivity contribution in [3.05, 3.63) is 12.2 Å². The lowest BCUT2D eigenvalue weighted by atomic mass is 9.89. The van der Waals surface area contributed by atoms with Gasteiger partial charge in [0.1, 0.15) is 0 Å². The van der Waals surface area contributed by atoms with Gasteiger partial charge in [-0.05, 0) is 38.5 Å². The minimum Gasteiger partial charge on any atom is -0.198 e. The molecule has 0 aliphatic heterocycles. The first kappa shape index (κ1) is 26.7. The van der Waals surface area contributed by atoms with Crippen LogP contribution in [-0.2, 0) is 0 Å². The fraction of sp³-hybridized carbons (Fsp3) is 0.773. The van der Waals surface area contributed by atoms with Crippen molar-refractivity contribution < 1.29 is 0 Å². The van der Waals surface area contributed by atoms with Gasteiger partial charge in [-0.2, -0.15) is 5.26 Å². The second-order valence-electron chi connectivity index (χ2n) is 5.41. The van der Waals surface area contributed by atoms with Crippen LogP contribution in [0.5, 0.6) is 0 Å². The van der Waals surface area contributed by atoms with Gasteiger partial charge in [0.2, 0.25) is 0 Å². The highest BCUT2D eigenvalue weighted by Crippen LogP contribution is 2.24. The van der Waals surface area contributed by atoms with E-state index in [9.17, 15) is 0 Å². The minimum atomic E-state index is 0. The van der Waals surface area contributed by atoms with Crippen LogP contribution >= 0.6 is 0 Å². The molecule has 1 aliphatic rings. The molecule has 1 nitrogen and oxygen atoms in total. The zero-order chi connectivity index (χ0) is 16.9. The molecule has 1 aliphatic carbocycles. The number of unbranched alkanes of at least 4 members (excludes halogenated alkanes) is 4. The van der Waals surface area contributed by atoms with Gasteiger partial charge in [-0.1, -0.05) is 72.5 Å². The van der Waals surface area contributed by atoms with Crippen molar-refractivity contribution in [2.45, 2.75) is 106 Å². The van der Waals surface area contributed by atoms with Gasteiger partial charge in [-0.25, -0.2) is 0 Å². The SMILES string of the molecule is C.CC.CC#CCCCC#N.CCCC/C=C/C1CCCCC1. The quantitative estimate of drug-likeness (QED) is 0.280. The maximum absolute atomic E-state index is 8.07. The van der Waals surface area contributed by atoms with Gasteiger partial charge in [-0.3, -0.25) is 0 Å². The third-order valence-electron chi connectivity index (χ3n) is 3.55. The smallest absolute Gasteiger partial charge is 0.0622 e. The Labute approximate surface area is 147 Å². The van der Waals surface area contributed by atoms with Crippen LogP contribution in [0.3, 0.4) is 0 Å². The highest BCUT2D eigenvalue weighted by atomic mass is 14.2. The van der Waals surface area contributed by atoms with Gasteiger partial charge in [0.15, 0.2) is 0 Å². The summed E-state index contributed by atoms with van der Waals surface area (Å²) in [6.07, 6.45) is 18.6. The van der Waals surface area contributed by atoms with Gasteiger partial charge in [0.25, 0.3) is 0 Å². The second kappa shape index (κ2) is 25.7. The highest BCUT2D eigenvalue weighted by molar-refractivity contribution is 4.95. The van der Waals surface area contributed by atoms with Gasteiger partial charge < -0.3 is 0 Å². The summed E-state index contributed by atoms with van der Waals surface area (Å²) in [5, 5.41) is 8.07. The Hall–Kier alpha value is -1.21. The summed E-state index contributed by atoms with van der Waals surface area (Å²) in [6.45, 7) is 8.07. The van der Waals surface area contributed by atoms with E-state index < -0.39 is 0 Å². The van der Waals surface area contributed by atoms with Crippen molar-refractivity contribution in [1.82, 2.24) is 0 Å². The maximum Gasteiger partial charge on any atom is 0.0622 e. The fourth-order valence-corrected chi connectivity index (χ4v) is 2.32. The molecule has 0 bridgehead atoms. The van der Waals surface area contributed by atoms with Gasteiger partial charge >= 0.3 is 0 Å². The Morgan fingerprint density at radius 2 is 1.70 bits per heavy atom. The van der Waals surface area contributed by atoms with E-state index in [0.29, 0.717) is 6.42 Å². The Kier molecular flexibility index (Phi) is 29.8. The minimum absolute atomic E-state index is 0. The lowest BCUT2D eigenvalue weighted by Crippen LogP contribution is -2.02. The molecule has 0 saturated heterocycles. The topological polar surface area (TPSA) is 23.8 Å². The van der Waals surface area contributed by atoms with Crippen LogP contribution in [0, 0.1) is 29.1 Å². The standard InChI is InChI=1S/C12H22.C7H9N.C2H6.CH4/c1-2-3-4-6-9-12-10-7-5-8-11-12;1-2-3-4-5-6-7-8;1-2;/h6,9,12H,2-5,7-8,10-11H2,1H3;4-6H2,1H3;1-2H3;1H4/b9-6+;;;. The molecule has 0 spiro atoms. The summed E-state index contributed by atoms with van der Waals surface area (Å²) in [5.41, 5.74) is 0. The molecule has 23 heavy (non-hydrogen) atoms. The molecule has 134 valence electrons. The molecule has 0 aromatic carbocycles. The van der Waals surface area contributed by atoms with Gasteiger partial charge in [0.05, 0.1) is 6.07 Å². The van der Waals surface area contributed by atoms with Crippen molar-refractivity contribution in [2.75, 3.05) is 0 Å². The molecule has 0 aromatic rings. The van der Waals surface area contributed by atoms with E-state index in [2.05, 4.69) is 37.0 Å². The second-order valence-corrected chi connectivity index (χ2v) is 5.41. The Morgan fingerprint density at radius 3 is 2.22 bits per heavy atom. The number of rotatable bonds is 6. The van der Waals surface area contributed by atoms with E-state index in [1.807, 2.05) is 20.8 Å². The van der Waals surface area contributed by atoms with E-state index in [1.54, 1.807) is 0 Å². The summed E-state index contributed by atoms with van der Waals surface area (Å²) in [4.78, 5) is 0. The zero-order valence-corrected chi connectivity index (χ0v) is 15.5. The van der Waals surface area contributed by atoms with E-state index in [0.717, 1.165) is 18.8 Å². The fourth-order valence-electron chi connectivity index (χ4n) is 2.32. The molecule has 0 atom stereocenters. The first-order chi connectivity index (χ1) is 10.8. The molecule has 1 rings (SSSR count). The van der Waals surface area contributed by atoms with E-state index in [4.69, 9.17) is 5.26 Å². The summed E-state index contributed by atoms with van der Waals surface area (Å²) in [6, 6.07) is 2.06. The zero-order valence-electron chi connectivity index (χ0n) is 15.5. The molecular formula is C22H41N. The summed E-state index contributed by atoms with van der Waals surface area (Å²) in [7, 11) is 0. The molecule has 0 unspecified atom stereocenters. The van der Waals surface area contributed by atoms with Crippen molar-refractivity contribution in [3.8, 4) is 17.9 Å². The number of hydrogen-bond donors (Lipinski definition) is 0. The Balaban J connectivity index is -0.000000321. The number of nitriles is 1. The van der Waals surface area contributed by atoms with E-state index in [-0.39, 0.29) is 7.43 Å². The predicted octanol–water partition coefficient (Wildman–Crippen LogP) is 7.68. The van der Waals surface area contributed by atoms with Gasteiger partial charge in [0, 0.05) is 12.8 Å². The average molecular weight is 320 g/mol. The van der Waals surface area contributed by atoms with Crippen molar-refractivity contribution >= 4 is 0 Å². The molecule has 0 amide bonds. The molecule has 0 N–H and O–H groups in total. The van der Waals surface area contributed by atoms with E-state index >= 15 is 0 Å². The monoisotopic (exact) mass is 319 g/mol. The number of nitrogens with zero attached hydrogens (tertiary/aromatic N) is 1. The first-order valence-corrected chi connectivity index (χ1v) is 9.28. The summed E-state index contributed by atoms with van der Waals surface area (Å²) < 4.78 is 0. The Morgan fingerprint density at radius 1 is 1.04 bits per heavy atom. The van der Waals surface area contributed by atoms with Crippen molar-refractivity contribution in [1.29, 1.82) is 5.26 Å². The molecule has 1 saturated carbocycles. The van der Waals surface area contributed by atoms with Crippen LogP contribution in [-0.4, -0.2) is 0 Å². The third kappa shape index (κ3) is 23.2. The molecule has 0 heterocycles. The molecule has 0 aromatic heterocycles. The highest BCUT2D eigenvalue weighted by Gasteiger charge is 2.08. The van der Waals surface area contributed by atoms with Crippen LogP contribution in [0.1, 0.15) is 106 Å². The first-order valence-electron chi connectivity index (χ1n) is 9.28. The van der Waals surface area contributed by atoms with Crippen LogP contribution in [0.15, 0.2) is 12.2 Å². The van der Waals surface area contributed by atoms with Gasteiger partial charge in [-0.15, -0.1) is 11.8 Å². The number of hydrogen-bond acceptors (Lipinski definition) is 1. The van der Waals surface area contributed by atoms with E-state index in [1.165, 1.54) is 51.4 Å². The average Bonchev–Trinajstić information content (AvgIpc) is 2.59. The molecule has 1 fully saturated rings. The molecule has 1 heteroatoms. The molecular weight excluding hydrogens is 278 g/mol. The van der Waals surface area contributed by atoms with Crippen molar-refractivity contribution in [2.24, 2.45) is 5.92 Å². The lowest BCUT2D eigenvalue weighted by molar-refractivity contribution is 0.418. The summed E-state index contributed by atoms with van der Waals surface area (Å²) >= 11 is 0. The number of allylic oxidation sites excluding steroid dienone is 2. The summed E-state index contributed by atoms with van der Waals surface area (Å²) in [5.74, 6) is 6.58. The maximum atomic E-state index is 8.07. The predicted molar refractivity (Wildman–Crippen MR) is 106 cm³/mol. The largest absolute Gasteiger partial charge is 0.198 e. The van der Waals surface area contributed by atoms with Crippen molar-refractivity contribution in [3.63, 3.8) is 0 Å². The van der Waals surface area contributed by atoms with Crippen LogP contribution in [0.4, 0.5) is 0 Å². The molecule has 0 radical (unpaired) electrons. The lowest BCUT2D eigenvalue weighted by Gasteiger charge is -2.17.